The molecule has 4 heterocycles. The minimum atomic E-state index is -1.11. The minimum absolute atomic E-state index is 0.0366. The van der Waals surface area contributed by atoms with Gasteiger partial charge in [-0.1, -0.05) is 42.4 Å². The van der Waals surface area contributed by atoms with Gasteiger partial charge in [0.25, 0.3) is 5.91 Å². The van der Waals surface area contributed by atoms with Crippen molar-refractivity contribution in [2.75, 3.05) is 44.7 Å². The molecule has 1 aliphatic carbocycles. The van der Waals surface area contributed by atoms with Crippen molar-refractivity contribution in [3.8, 4) is 23.3 Å². The fourth-order valence-electron chi connectivity index (χ4n) is 6.97. The van der Waals surface area contributed by atoms with Crippen molar-refractivity contribution >= 4 is 45.0 Å². The second-order valence-corrected chi connectivity index (χ2v) is 12.5. The number of nitrogens with zero attached hydrogens (tertiary/aromatic N) is 7. The van der Waals surface area contributed by atoms with Crippen LogP contribution in [0.2, 0.25) is 5.02 Å². The monoisotopic (exact) mass is 647 g/mol. The normalized spacial score (nSPS) is 22.6. The first-order valence-corrected chi connectivity index (χ1v) is 15.4. The fourth-order valence-corrected chi connectivity index (χ4v) is 7.24. The number of pyridine rings is 1. The third-order valence-electron chi connectivity index (χ3n) is 9.38. The highest BCUT2D eigenvalue weighted by molar-refractivity contribution is 6.36. The first kappa shape index (κ1) is 30.2. The number of ether oxygens (including phenoxy) is 1. The van der Waals surface area contributed by atoms with Crippen LogP contribution in [-0.2, 0) is 4.79 Å². The summed E-state index contributed by atoms with van der Waals surface area (Å²) in [6, 6.07) is 9.43. The van der Waals surface area contributed by atoms with Gasteiger partial charge in [0.15, 0.2) is 11.6 Å². The number of nitriles is 1. The minimum Gasteiger partial charge on any atom is -0.462 e. The second-order valence-electron chi connectivity index (χ2n) is 12.1. The molecule has 2 aromatic carbocycles. The molecule has 13 heteroatoms. The Labute approximate surface area is 267 Å². The number of hydrogen-bond acceptors (Lipinski definition) is 8. The smallest absolute Gasteiger partial charge is 0.319 e. The van der Waals surface area contributed by atoms with E-state index in [4.69, 9.17) is 16.3 Å². The van der Waals surface area contributed by atoms with Crippen molar-refractivity contribution in [2.24, 2.45) is 11.8 Å². The van der Waals surface area contributed by atoms with Gasteiger partial charge in [0, 0.05) is 49.4 Å². The van der Waals surface area contributed by atoms with Crippen molar-refractivity contribution in [3.05, 3.63) is 65.6 Å². The van der Waals surface area contributed by atoms with Gasteiger partial charge in [-0.05, 0) is 36.8 Å². The van der Waals surface area contributed by atoms with Gasteiger partial charge in [0.1, 0.15) is 29.5 Å². The molecule has 236 valence electrons. The topological polar surface area (TPSA) is 98.5 Å². The van der Waals surface area contributed by atoms with Gasteiger partial charge in [-0.3, -0.25) is 14.7 Å². The lowest BCUT2D eigenvalue weighted by Crippen LogP contribution is -2.55. The number of aromatic nitrogens is 3. The van der Waals surface area contributed by atoms with Gasteiger partial charge in [0.2, 0.25) is 0 Å². The maximum atomic E-state index is 16.6. The molecule has 0 N–H and O–H groups in total. The first-order chi connectivity index (χ1) is 22.2. The summed E-state index contributed by atoms with van der Waals surface area (Å²) in [7, 11) is 2.05. The second kappa shape index (κ2) is 11.7. The van der Waals surface area contributed by atoms with E-state index in [-0.39, 0.29) is 59.7 Å². The first-order valence-electron chi connectivity index (χ1n) is 15.0. The molecule has 4 aromatic rings. The number of piperazine rings is 1. The largest absolute Gasteiger partial charge is 0.462 e. The number of likely N-dealkylation sites (N-methyl/N-ethyl adjacent to an activating group) is 1. The van der Waals surface area contributed by atoms with E-state index < -0.39 is 29.4 Å². The van der Waals surface area contributed by atoms with E-state index in [2.05, 4.69) is 32.5 Å². The van der Waals surface area contributed by atoms with E-state index in [1.165, 1.54) is 17.2 Å². The van der Waals surface area contributed by atoms with Crippen LogP contribution in [0.4, 0.5) is 19.0 Å². The Bertz CT molecular complexity index is 1950. The Balaban J connectivity index is 1.33. The zero-order valence-electron chi connectivity index (χ0n) is 24.9. The van der Waals surface area contributed by atoms with E-state index >= 15 is 4.39 Å². The molecular weight excluding hydrogens is 619 g/mol. The van der Waals surface area contributed by atoms with Crippen molar-refractivity contribution in [1.29, 1.82) is 5.26 Å². The number of carbonyl (C=O) groups excluding carboxylic acids is 1. The summed E-state index contributed by atoms with van der Waals surface area (Å²) in [4.78, 5) is 31.5. The average molecular weight is 648 g/mol. The average Bonchev–Trinajstić information content (AvgIpc) is 3.73. The quantitative estimate of drug-likeness (QED) is 0.242. The van der Waals surface area contributed by atoms with E-state index in [0.29, 0.717) is 40.6 Å². The van der Waals surface area contributed by atoms with Gasteiger partial charge in [-0.2, -0.15) is 15.2 Å². The Kier molecular flexibility index (Phi) is 7.69. The molecule has 3 aliphatic rings. The van der Waals surface area contributed by atoms with Gasteiger partial charge < -0.3 is 14.5 Å². The molecule has 2 aliphatic heterocycles. The highest BCUT2D eigenvalue weighted by Crippen LogP contribution is 2.49. The molecule has 1 saturated carbocycles. The van der Waals surface area contributed by atoms with E-state index in [1.54, 1.807) is 29.2 Å². The van der Waals surface area contributed by atoms with Crippen LogP contribution >= 0.6 is 11.6 Å². The van der Waals surface area contributed by atoms with Crippen molar-refractivity contribution in [1.82, 2.24) is 24.8 Å². The Hall–Kier alpha value is -4.47. The van der Waals surface area contributed by atoms with Crippen LogP contribution in [0.5, 0.6) is 6.01 Å². The molecule has 2 aromatic heterocycles. The van der Waals surface area contributed by atoms with Crippen LogP contribution in [-0.4, -0.2) is 82.6 Å². The summed E-state index contributed by atoms with van der Waals surface area (Å²) < 4.78 is 51.1. The van der Waals surface area contributed by atoms with Crippen LogP contribution in [0, 0.1) is 34.8 Å². The zero-order chi connectivity index (χ0) is 32.3. The lowest BCUT2D eigenvalue weighted by Gasteiger charge is -2.41. The van der Waals surface area contributed by atoms with Crippen molar-refractivity contribution in [3.63, 3.8) is 0 Å². The lowest BCUT2D eigenvalue weighted by atomic mass is 10.0. The van der Waals surface area contributed by atoms with E-state index in [0.717, 1.165) is 13.0 Å². The lowest BCUT2D eigenvalue weighted by molar-refractivity contribution is -0.131. The fraction of sp³-hybridized carbons (Fsp3) is 0.364. The standard InChI is InChI=1S/C33H29ClF3N7O2/c1-17(35)32(45)44-11-10-43(15-20(44)8-9-38)31-23-13-39-29(21-5-3-4-18-6-7-24(36)27(34)26(18)21)28(37)30(23)40-33(41-31)46-16-25-22-12-19(22)14-42(25)2/h3-7,13,19-20,22,25H,1,8,10-12,14-16H2,2H3/t19-,20+,22-,25-/m1/s1. The van der Waals surface area contributed by atoms with E-state index in [1.807, 2.05) is 7.05 Å². The third kappa shape index (κ3) is 5.17. The van der Waals surface area contributed by atoms with Crippen LogP contribution in [0.1, 0.15) is 12.8 Å². The summed E-state index contributed by atoms with van der Waals surface area (Å²) >= 11 is 6.37. The molecule has 9 nitrogen and oxygen atoms in total. The number of amides is 1. The summed E-state index contributed by atoms with van der Waals surface area (Å²) in [6.45, 7) is 4.85. The summed E-state index contributed by atoms with van der Waals surface area (Å²) in [6.07, 6.45) is 2.53. The molecule has 0 spiro atoms. The molecular formula is C33H29ClF3N7O2. The summed E-state index contributed by atoms with van der Waals surface area (Å²) in [5, 5.41) is 10.5. The number of fused-ring (bicyclic) bond motifs is 3. The number of piperidine rings is 1. The molecule has 7 rings (SSSR count). The Morgan fingerprint density at radius 3 is 2.76 bits per heavy atom. The van der Waals surface area contributed by atoms with E-state index in [9.17, 15) is 18.8 Å². The molecule has 0 bridgehead atoms. The molecule has 2 saturated heterocycles. The van der Waals surface area contributed by atoms with Crippen molar-refractivity contribution in [2.45, 2.75) is 24.9 Å². The molecule has 46 heavy (non-hydrogen) atoms. The van der Waals surface area contributed by atoms with Crippen molar-refractivity contribution < 1.29 is 22.7 Å². The highest BCUT2D eigenvalue weighted by atomic mass is 35.5. The maximum absolute atomic E-state index is 16.6. The van der Waals surface area contributed by atoms with Crippen LogP contribution in [0.3, 0.4) is 0 Å². The summed E-state index contributed by atoms with van der Waals surface area (Å²) in [5.74, 6) is -1.89. The SMILES string of the molecule is C=C(F)C(=O)N1CCN(c2nc(OC[C@@H]3[C@@H]4C[C@@H]4CN3C)nc3c(F)c(-c4cccc5ccc(F)c(Cl)c45)ncc23)C[C@@H]1CC#N. The molecule has 0 radical (unpaired) electrons. The van der Waals surface area contributed by atoms with Crippen LogP contribution < -0.4 is 9.64 Å². The Morgan fingerprint density at radius 1 is 1.20 bits per heavy atom. The molecule has 3 fully saturated rings. The number of carbonyl (C=O) groups is 1. The molecule has 4 atom stereocenters. The number of likely N-dealkylation sites (tertiary alicyclic amines) is 1. The predicted molar refractivity (Wildman–Crippen MR) is 167 cm³/mol. The van der Waals surface area contributed by atoms with Gasteiger partial charge in [0.05, 0.1) is 28.9 Å². The highest BCUT2D eigenvalue weighted by Gasteiger charge is 2.51. The number of halogens is 4. The van der Waals surface area contributed by atoms with Gasteiger partial charge in [-0.25, -0.2) is 13.2 Å². The third-order valence-corrected chi connectivity index (χ3v) is 9.75. The molecule has 0 unspecified atom stereocenters. The predicted octanol–water partition coefficient (Wildman–Crippen LogP) is 5.52. The number of benzene rings is 2. The van der Waals surface area contributed by atoms with Crippen LogP contribution in [0.15, 0.2) is 48.9 Å². The number of hydrogen-bond donors (Lipinski definition) is 0. The molecule has 1 amide bonds. The number of anilines is 1. The maximum Gasteiger partial charge on any atom is 0.319 e. The van der Waals surface area contributed by atoms with Gasteiger partial charge >= 0.3 is 6.01 Å². The van der Waals surface area contributed by atoms with Gasteiger partial charge in [-0.15, -0.1) is 0 Å². The van der Waals surface area contributed by atoms with Crippen LogP contribution in [0.25, 0.3) is 32.9 Å². The summed E-state index contributed by atoms with van der Waals surface area (Å²) in [5.41, 5.74) is 0.159. The Morgan fingerprint density at radius 2 is 2.02 bits per heavy atom. The zero-order valence-corrected chi connectivity index (χ0v) is 25.6. The number of rotatable bonds is 7.